The Morgan fingerprint density at radius 1 is 1.06 bits per heavy atom. The molecule has 0 aromatic carbocycles. The van der Waals surface area contributed by atoms with Crippen molar-refractivity contribution in [1.82, 2.24) is 15.5 Å². The number of ether oxygens (including phenoxy) is 1. The molecule has 3 saturated carbocycles. The van der Waals surface area contributed by atoms with Gasteiger partial charge in [0.2, 0.25) is 11.8 Å². The molecular weight excluding hydrogens is 430 g/mol. The lowest BCUT2D eigenvalue weighted by molar-refractivity contribution is -0.145. The van der Waals surface area contributed by atoms with Gasteiger partial charge in [0.1, 0.15) is 0 Å². The number of imide groups is 1. The van der Waals surface area contributed by atoms with Crippen molar-refractivity contribution in [3.8, 4) is 0 Å². The maximum Gasteiger partial charge on any atom is 0.324 e. The lowest BCUT2D eigenvalue weighted by Crippen LogP contribution is -2.61. The molecule has 1 saturated heterocycles. The Bertz CT molecular complexity index is 788. The molecule has 4 fully saturated rings. The molecule has 7 nitrogen and oxygen atoms in total. The van der Waals surface area contributed by atoms with E-state index in [1.54, 1.807) is 0 Å². The average Bonchev–Trinajstić information content (AvgIpc) is 3.16. The molecule has 192 valence electrons. The Hall–Kier alpha value is -1.63. The van der Waals surface area contributed by atoms with E-state index in [0.717, 1.165) is 44.9 Å². The van der Waals surface area contributed by atoms with Crippen molar-refractivity contribution in [2.45, 2.75) is 91.5 Å². The van der Waals surface area contributed by atoms with Crippen molar-refractivity contribution in [3.05, 3.63) is 0 Å². The zero-order chi connectivity index (χ0) is 24.5. The fourth-order valence-corrected chi connectivity index (χ4v) is 8.32. The van der Waals surface area contributed by atoms with E-state index in [1.165, 1.54) is 4.90 Å². The van der Waals surface area contributed by atoms with Gasteiger partial charge in [-0.15, -0.1) is 0 Å². The first-order chi connectivity index (χ1) is 16.3. The fourth-order valence-electron chi connectivity index (χ4n) is 8.32. The second-order valence-corrected chi connectivity index (χ2v) is 11.6. The van der Waals surface area contributed by atoms with Crippen LogP contribution in [0.5, 0.6) is 0 Å². The third-order valence-corrected chi connectivity index (χ3v) is 10.1. The summed E-state index contributed by atoms with van der Waals surface area (Å²) in [6.07, 6.45) is 8.59. The van der Waals surface area contributed by atoms with Gasteiger partial charge in [-0.2, -0.15) is 0 Å². The summed E-state index contributed by atoms with van der Waals surface area (Å²) in [5, 5.41) is 6.15. The third kappa shape index (κ3) is 4.38. The number of rotatable bonds is 7. The quantitative estimate of drug-likeness (QED) is 0.543. The van der Waals surface area contributed by atoms with E-state index in [4.69, 9.17) is 4.74 Å². The van der Waals surface area contributed by atoms with E-state index in [9.17, 15) is 14.4 Å². The summed E-state index contributed by atoms with van der Waals surface area (Å²) in [5.41, 5.74) is 0.122. The number of amides is 4. The summed E-state index contributed by atoms with van der Waals surface area (Å²) in [7, 11) is 0. The minimum atomic E-state index is -0.268. The lowest BCUT2D eigenvalue weighted by atomic mass is 9.47. The SMILES string of the molecule is CCNC(=O)N(CCCOCC)C(=O)C1CC[C@H]2[C@@H]3CCC4NC(=O)CC[C@]4(C)[C@@H]3CC[C@]12C. The predicted molar refractivity (Wildman–Crippen MR) is 131 cm³/mol. The van der Waals surface area contributed by atoms with Crippen molar-refractivity contribution in [2.24, 2.45) is 34.5 Å². The first-order valence-electron chi connectivity index (χ1n) is 13.7. The molecule has 4 rings (SSSR count). The van der Waals surface area contributed by atoms with Gasteiger partial charge in [0.05, 0.1) is 0 Å². The highest BCUT2D eigenvalue weighted by molar-refractivity contribution is 5.96. The van der Waals surface area contributed by atoms with Gasteiger partial charge in [-0.05, 0) is 93.8 Å². The summed E-state index contributed by atoms with van der Waals surface area (Å²) >= 11 is 0. The third-order valence-electron chi connectivity index (χ3n) is 10.1. The largest absolute Gasteiger partial charge is 0.382 e. The zero-order valence-corrected chi connectivity index (χ0v) is 21.7. The number of nitrogens with one attached hydrogen (secondary N) is 2. The van der Waals surface area contributed by atoms with Gasteiger partial charge >= 0.3 is 6.03 Å². The molecule has 4 aliphatic rings. The lowest BCUT2D eigenvalue weighted by Gasteiger charge is -2.60. The van der Waals surface area contributed by atoms with Crippen LogP contribution < -0.4 is 10.6 Å². The number of fused-ring (bicyclic) bond motifs is 5. The number of piperidine rings is 1. The first kappa shape index (κ1) is 25.5. The highest BCUT2D eigenvalue weighted by Gasteiger charge is 2.61. The minimum Gasteiger partial charge on any atom is -0.382 e. The van der Waals surface area contributed by atoms with E-state index in [1.807, 2.05) is 13.8 Å². The molecule has 1 heterocycles. The van der Waals surface area contributed by atoms with Crippen LogP contribution >= 0.6 is 0 Å². The molecule has 0 aromatic rings. The molecule has 1 aliphatic heterocycles. The molecule has 7 heteroatoms. The normalized spacial score (nSPS) is 38.8. The smallest absolute Gasteiger partial charge is 0.324 e. The predicted octanol–water partition coefficient (Wildman–Crippen LogP) is 4.11. The molecule has 4 amide bonds. The Labute approximate surface area is 205 Å². The topological polar surface area (TPSA) is 87.7 Å². The second kappa shape index (κ2) is 10.2. The van der Waals surface area contributed by atoms with Crippen LogP contribution in [0.15, 0.2) is 0 Å². The van der Waals surface area contributed by atoms with Crippen LogP contribution in [-0.2, 0) is 14.3 Å². The molecule has 34 heavy (non-hydrogen) atoms. The molecule has 7 atom stereocenters. The van der Waals surface area contributed by atoms with Gasteiger partial charge in [-0.1, -0.05) is 13.8 Å². The van der Waals surface area contributed by atoms with E-state index >= 15 is 0 Å². The van der Waals surface area contributed by atoms with Gasteiger partial charge in [-0.25, -0.2) is 4.79 Å². The Morgan fingerprint density at radius 3 is 2.56 bits per heavy atom. The van der Waals surface area contributed by atoms with E-state index in [-0.39, 0.29) is 34.6 Å². The van der Waals surface area contributed by atoms with Gasteiger partial charge in [0, 0.05) is 44.7 Å². The molecule has 0 aromatic heterocycles. The van der Waals surface area contributed by atoms with Gasteiger partial charge in [0.25, 0.3) is 0 Å². The van der Waals surface area contributed by atoms with Gasteiger partial charge in [0.15, 0.2) is 0 Å². The van der Waals surface area contributed by atoms with Gasteiger partial charge < -0.3 is 15.4 Å². The summed E-state index contributed by atoms with van der Waals surface area (Å²) < 4.78 is 5.46. The van der Waals surface area contributed by atoms with Crippen LogP contribution in [0.1, 0.15) is 85.5 Å². The molecule has 2 unspecified atom stereocenters. The minimum absolute atomic E-state index is 0.00993. The fraction of sp³-hybridized carbons (Fsp3) is 0.889. The Balaban J connectivity index is 1.50. The number of urea groups is 1. The van der Waals surface area contributed by atoms with Crippen LogP contribution in [0.25, 0.3) is 0 Å². The van der Waals surface area contributed by atoms with Crippen LogP contribution in [0, 0.1) is 34.5 Å². The van der Waals surface area contributed by atoms with Crippen molar-refractivity contribution in [1.29, 1.82) is 0 Å². The van der Waals surface area contributed by atoms with E-state index in [0.29, 0.717) is 62.9 Å². The van der Waals surface area contributed by atoms with Crippen LogP contribution in [0.3, 0.4) is 0 Å². The maximum atomic E-state index is 13.8. The van der Waals surface area contributed by atoms with Crippen molar-refractivity contribution in [2.75, 3.05) is 26.3 Å². The summed E-state index contributed by atoms with van der Waals surface area (Å²) in [4.78, 5) is 40.2. The zero-order valence-electron chi connectivity index (χ0n) is 21.7. The van der Waals surface area contributed by atoms with Crippen molar-refractivity contribution < 1.29 is 19.1 Å². The van der Waals surface area contributed by atoms with E-state index < -0.39 is 0 Å². The summed E-state index contributed by atoms with van der Waals surface area (Å²) in [5.74, 6) is 1.88. The number of hydrogen-bond acceptors (Lipinski definition) is 4. The Kier molecular flexibility index (Phi) is 7.61. The van der Waals surface area contributed by atoms with Crippen LogP contribution in [0.4, 0.5) is 4.79 Å². The molecule has 0 spiro atoms. The molecule has 0 radical (unpaired) electrons. The highest BCUT2D eigenvalue weighted by Crippen LogP contribution is 2.65. The first-order valence-corrected chi connectivity index (χ1v) is 13.7. The summed E-state index contributed by atoms with van der Waals surface area (Å²) in [6, 6.07) is 0.0347. The molecule has 0 bridgehead atoms. The number of carbonyl (C=O) groups excluding carboxylic acids is 3. The van der Waals surface area contributed by atoms with Crippen LogP contribution in [-0.4, -0.2) is 55.1 Å². The maximum absolute atomic E-state index is 13.8. The number of hydrogen-bond donors (Lipinski definition) is 2. The van der Waals surface area contributed by atoms with Crippen molar-refractivity contribution in [3.63, 3.8) is 0 Å². The van der Waals surface area contributed by atoms with Crippen molar-refractivity contribution >= 4 is 17.8 Å². The Morgan fingerprint density at radius 2 is 1.82 bits per heavy atom. The van der Waals surface area contributed by atoms with Crippen LogP contribution in [0.2, 0.25) is 0 Å². The molecule has 2 N–H and O–H groups in total. The second-order valence-electron chi connectivity index (χ2n) is 11.6. The average molecular weight is 476 g/mol. The standard InChI is InChI=1S/C27H45N3O4/c1-5-28-25(33)30(16-7-17-34-6-2)24(32)21-10-9-19-18-8-11-22-27(4,15-13-23(31)29-22)20(18)12-14-26(19,21)3/h18-22H,5-17H2,1-4H3,(H,28,33)(H,29,31)/t18-,19-,20+,21?,22?,26-,27+/m0/s1. The monoisotopic (exact) mass is 475 g/mol. The highest BCUT2D eigenvalue weighted by atomic mass is 16.5. The molecular formula is C27H45N3O4. The van der Waals surface area contributed by atoms with E-state index in [2.05, 4.69) is 24.5 Å². The van der Waals surface area contributed by atoms with Gasteiger partial charge in [-0.3, -0.25) is 14.5 Å². The number of nitrogens with zero attached hydrogens (tertiary/aromatic N) is 1. The summed E-state index contributed by atoms with van der Waals surface area (Å²) in [6.45, 7) is 10.7. The number of carbonyl (C=O) groups is 3. The molecule has 3 aliphatic carbocycles.